The first-order valence-corrected chi connectivity index (χ1v) is 17.8. The van der Waals surface area contributed by atoms with Gasteiger partial charge in [-0.25, -0.2) is 13.1 Å². The van der Waals surface area contributed by atoms with E-state index < -0.39 is 21.6 Å². The first kappa shape index (κ1) is 35.1. The number of hydrogen-bond donors (Lipinski definition) is 1. The van der Waals surface area contributed by atoms with Gasteiger partial charge in [0.2, 0.25) is 21.8 Å². The third kappa shape index (κ3) is 7.45. The lowest BCUT2D eigenvalue weighted by molar-refractivity contribution is -0.161. The molecule has 1 aromatic carbocycles. The first-order valence-electron chi connectivity index (χ1n) is 16.3. The molecule has 0 aliphatic carbocycles. The van der Waals surface area contributed by atoms with Crippen LogP contribution in [0.5, 0.6) is 0 Å². The van der Waals surface area contributed by atoms with E-state index in [0.717, 1.165) is 35.5 Å². The molecule has 1 N–H and O–H groups in total. The molecule has 0 saturated carbocycles. The molecule has 2 aliphatic heterocycles. The second kappa shape index (κ2) is 14.3. The summed E-state index contributed by atoms with van der Waals surface area (Å²) in [6.45, 7) is 14.1. The van der Waals surface area contributed by atoms with Gasteiger partial charge in [-0.3, -0.25) is 14.5 Å². The third-order valence-corrected chi connectivity index (χ3v) is 11.3. The molecule has 12 heteroatoms. The number of hydrogen-bond acceptors (Lipinski definition) is 7. The largest absolute Gasteiger partial charge is 0.342 e. The van der Waals surface area contributed by atoms with Crippen molar-refractivity contribution >= 4 is 21.8 Å². The number of piperidine rings is 1. The quantitative estimate of drug-likeness (QED) is 0.357. The summed E-state index contributed by atoms with van der Waals surface area (Å²) >= 11 is 0. The zero-order valence-corrected chi connectivity index (χ0v) is 29.3. The monoisotopic (exact) mass is 643 g/mol. The van der Waals surface area contributed by atoms with E-state index in [-0.39, 0.29) is 16.7 Å². The highest BCUT2D eigenvalue weighted by atomic mass is 32.2. The highest BCUT2D eigenvalue weighted by molar-refractivity contribution is 7.89. The summed E-state index contributed by atoms with van der Waals surface area (Å²) in [7, 11) is 1.86. The van der Waals surface area contributed by atoms with Gasteiger partial charge < -0.3 is 15.1 Å². The fourth-order valence-electron chi connectivity index (χ4n) is 6.50. The van der Waals surface area contributed by atoms with E-state index in [1.54, 1.807) is 31.3 Å². The van der Waals surface area contributed by atoms with Crippen molar-refractivity contribution in [2.45, 2.75) is 89.7 Å². The molecule has 1 atom stereocenters. The molecule has 3 heterocycles. The van der Waals surface area contributed by atoms with Crippen molar-refractivity contribution in [3.63, 3.8) is 0 Å². The number of carbonyl (C=O) groups excluding carboxylic acids is 2. The summed E-state index contributed by atoms with van der Waals surface area (Å²) in [5, 5.41) is 7.91. The van der Waals surface area contributed by atoms with Gasteiger partial charge in [0.1, 0.15) is 11.6 Å². The van der Waals surface area contributed by atoms with E-state index in [4.69, 9.17) is 5.10 Å². The highest BCUT2D eigenvalue weighted by Crippen LogP contribution is 2.35. The number of amides is 2. The second-order valence-electron chi connectivity index (χ2n) is 13.5. The van der Waals surface area contributed by atoms with Crippen molar-refractivity contribution in [1.29, 1.82) is 0 Å². The van der Waals surface area contributed by atoms with Crippen molar-refractivity contribution in [3.05, 3.63) is 41.2 Å². The van der Waals surface area contributed by atoms with E-state index in [1.165, 1.54) is 4.31 Å². The molecule has 2 amide bonds. The standard InChI is InChI=1S/C33H53N7O4S/c1-9-10-17-39-31(41)30(22-24(2)3)34-32(42)33(39)15-18-38(19-16-33)23-29-25(4)35-40(26(29)5)27-11-13-28(14-12-27)45(43,44)37(8)21-20-36(6)7/h11-14,24,30H,9-10,15-23H2,1-8H3,(H,34,42)/t30-/m0/s1. The van der Waals surface area contributed by atoms with E-state index >= 15 is 0 Å². The number of benzene rings is 1. The van der Waals surface area contributed by atoms with E-state index in [9.17, 15) is 18.0 Å². The number of nitrogens with one attached hydrogen (secondary N) is 1. The van der Waals surface area contributed by atoms with Gasteiger partial charge in [0.05, 0.1) is 16.3 Å². The fourth-order valence-corrected chi connectivity index (χ4v) is 7.67. The Morgan fingerprint density at radius 2 is 1.69 bits per heavy atom. The average molecular weight is 644 g/mol. The predicted molar refractivity (Wildman–Crippen MR) is 177 cm³/mol. The summed E-state index contributed by atoms with van der Waals surface area (Å²) in [5.74, 6) is 0.386. The number of likely N-dealkylation sites (N-methyl/N-ethyl adjacent to an activating group) is 2. The zero-order chi connectivity index (χ0) is 33.1. The molecule has 0 bridgehead atoms. The van der Waals surface area contributed by atoms with Crippen molar-refractivity contribution < 1.29 is 18.0 Å². The van der Waals surface area contributed by atoms with Crippen LogP contribution in [0, 0.1) is 19.8 Å². The minimum atomic E-state index is -3.59. The maximum absolute atomic E-state index is 13.6. The van der Waals surface area contributed by atoms with Gasteiger partial charge in [-0.05, 0) is 83.8 Å². The van der Waals surface area contributed by atoms with Crippen molar-refractivity contribution in [1.82, 2.24) is 34.1 Å². The van der Waals surface area contributed by atoms with Crippen LogP contribution in [-0.2, 0) is 26.2 Å². The number of aromatic nitrogens is 2. The molecule has 2 aromatic rings. The number of rotatable bonds is 13. The van der Waals surface area contributed by atoms with E-state index in [1.807, 2.05) is 42.4 Å². The Bertz CT molecular complexity index is 1440. The highest BCUT2D eigenvalue weighted by Gasteiger charge is 2.53. The number of likely N-dealkylation sites (tertiary alicyclic amines) is 1. The zero-order valence-electron chi connectivity index (χ0n) is 28.5. The lowest BCUT2D eigenvalue weighted by Crippen LogP contribution is -2.73. The molecule has 0 radical (unpaired) electrons. The minimum absolute atomic E-state index is 0.00182. The molecule has 1 spiro atoms. The summed E-state index contributed by atoms with van der Waals surface area (Å²) < 4.78 is 29.4. The summed E-state index contributed by atoms with van der Waals surface area (Å²) in [6, 6.07) is 6.45. The van der Waals surface area contributed by atoms with Gasteiger partial charge in [-0.2, -0.15) is 9.40 Å². The Labute approximate surface area is 270 Å². The number of sulfonamides is 1. The third-order valence-electron chi connectivity index (χ3n) is 9.41. The van der Waals surface area contributed by atoms with Crippen LogP contribution in [0.1, 0.15) is 69.8 Å². The van der Waals surface area contributed by atoms with Crippen LogP contribution in [0.3, 0.4) is 0 Å². The molecular formula is C33H53N7O4S. The van der Waals surface area contributed by atoms with Crippen LogP contribution < -0.4 is 5.32 Å². The number of nitrogens with zero attached hydrogens (tertiary/aromatic N) is 6. The number of carbonyl (C=O) groups is 2. The van der Waals surface area contributed by atoms with Crippen LogP contribution in [-0.4, -0.2) is 114 Å². The van der Waals surface area contributed by atoms with Crippen molar-refractivity contribution in [2.75, 3.05) is 53.9 Å². The van der Waals surface area contributed by atoms with Gasteiger partial charge in [-0.1, -0.05) is 27.2 Å². The Morgan fingerprint density at radius 1 is 1.04 bits per heavy atom. The molecule has 1 aromatic heterocycles. The SMILES string of the molecule is CCCCN1C(=O)[C@H](CC(C)C)NC(=O)C12CCN(Cc1c(C)nn(-c3ccc(S(=O)(=O)N(C)CCN(C)C)cc3)c1C)CC2. The van der Waals surface area contributed by atoms with Gasteiger partial charge in [-0.15, -0.1) is 0 Å². The smallest absolute Gasteiger partial charge is 0.246 e. The lowest BCUT2D eigenvalue weighted by Gasteiger charge is -2.52. The van der Waals surface area contributed by atoms with Gasteiger partial charge in [0, 0.05) is 57.6 Å². The average Bonchev–Trinajstić information content (AvgIpc) is 3.27. The van der Waals surface area contributed by atoms with E-state index in [2.05, 4.69) is 31.0 Å². The summed E-state index contributed by atoms with van der Waals surface area (Å²) in [4.78, 5) is 33.7. The molecular weight excluding hydrogens is 590 g/mol. The van der Waals surface area contributed by atoms with Crippen LogP contribution in [0.2, 0.25) is 0 Å². The van der Waals surface area contributed by atoms with Gasteiger partial charge in [0.25, 0.3) is 0 Å². The predicted octanol–water partition coefficient (Wildman–Crippen LogP) is 3.18. The second-order valence-corrected chi connectivity index (χ2v) is 15.5. The minimum Gasteiger partial charge on any atom is -0.342 e. The molecule has 250 valence electrons. The van der Waals surface area contributed by atoms with Crippen LogP contribution in [0.25, 0.3) is 5.69 Å². The normalized spacial score (nSPS) is 19.4. The summed E-state index contributed by atoms with van der Waals surface area (Å²) in [6.07, 6.45) is 3.72. The molecule has 2 aliphatic rings. The molecule has 0 unspecified atom stereocenters. The van der Waals surface area contributed by atoms with Crippen LogP contribution in [0.15, 0.2) is 29.2 Å². The number of unbranched alkanes of at least 4 members (excludes halogenated alkanes) is 1. The van der Waals surface area contributed by atoms with Crippen molar-refractivity contribution in [3.8, 4) is 5.69 Å². The Hall–Kier alpha value is -2.80. The number of aryl methyl sites for hydroxylation is 1. The molecule has 2 saturated heterocycles. The van der Waals surface area contributed by atoms with Crippen LogP contribution in [0.4, 0.5) is 0 Å². The molecule has 2 fully saturated rings. The van der Waals surface area contributed by atoms with E-state index in [0.29, 0.717) is 64.4 Å². The molecule has 4 rings (SSSR count). The summed E-state index contributed by atoms with van der Waals surface area (Å²) in [5.41, 5.74) is 3.05. The topological polar surface area (TPSA) is 111 Å². The lowest BCUT2D eigenvalue weighted by atomic mass is 9.80. The van der Waals surface area contributed by atoms with Gasteiger partial charge >= 0.3 is 0 Å². The molecule has 11 nitrogen and oxygen atoms in total. The van der Waals surface area contributed by atoms with Gasteiger partial charge in [0.15, 0.2) is 0 Å². The Balaban J connectivity index is 1.46. The first-order chi connectivity index (χ1) is 21.2. The number of piperazine rings is 1. The Kier molecular flexibility index (Phi) is 11.2. The fraction of sp³-hybridized carbons (Fsp3) is 0.667. The van der Waals surface area contributed by atoms with Crippen LogP contribution >= 0.6 is 0 Å². The maximum Gasteiger partial charge on any atom is 0.246 e. The maximum atomic E-state index is 13.6. The van der Waals surface area contributed by atoms with Crippen molar-refractivity contribution in [2.24, 2.45) is 5.92 Å². The molecule has 45 heavy (non-hydrogen) atoms. The Morgan fingerprint density at radius 3 is 2.27 bits per heavy atom.